The summed E-state index contributed by atoms with van der Waals surface area (Å²) < 4.78 is 11.4. The fourth-order valence-corrected chi connectivity index (χ4v) is 3.34. The summed E-state index contributed by atoms with van der Waals surface area (Å²) in [5.74, 6) is 0.890. The lowest BCUT2D eigenvalue weighted by molar-refractivity contribution is -0.153. The lowest BCUT2D eigenvalue weighted by Gasteiger charge is -2.31. The fraction of sp³-hybridized carbons (Fsp3) is 0.650. The maximum atomic E-state index is 12.1. The highest BCUT2D eigenvalue weighted by Gasteiger charge is 2.33. The molecule has 134 valence electrons. The molecule has 0 spiro atoms. The molecule has 0 radical (unpaired) electrons. The molecule has 2 rings (SSSR count). The van der Waals surface area contributed by atoms with Crippen LogP contribution in [0.15, 0.2) is 30.3 Å². The topological polar surface area (TPSA) is 61.5 Å². The Morgan fingerprint density at radius 2 is 1.92 bits per heavy atom. The molecule has 1 aliphatic rings. The Morgan fingerprint density at radius 1 is 1.21 bits per heavy atom. The number of esters is 1. The third-order valence-corrected chi connectivity index (χ3v) is 4.87. The zero-order valence-corrected chi connectivity index (χ0v) is 15.1. The number of nitrogens with two attached hydrogens (primary N) is 1. The first-order valence-electron chi connectivity index (χ1n) is 9.05. The number of cyclic esters (lactones) is 1. The van der Waals surface area contributed by atoms with Crippen LogP contribution in [0, 0.1) is 17.8 Å². The highest BCUT2D eigenvalue weighted by atomic mass is 16.5. The average molecular weight is 333 g/mol. The molecule has 1 saturated heterocycles. The van der Waals surface area contributed by atoms with Gasteiger partial charge >= 0.3 is 5.97 Å². The van der Waals surface area contributed by atoms with Crippen molar-refractivity contribution in [2.24, 2.45) is 23.5 Å². The molecule has 2 N–H and O–H groups in total. The number of carbonyl (C=O) groups excluding carboxylic acids is 1. The van der Waals surface area contributed by atoms with Crippen molar-refractivity contribution < 1.29 is 14.3 Å². The number of ether oxygens (including phenoxy) is 2. The van der Waals surface area contributed by atoms with Crippen molar-refractivity contribution in [3.8, 4) is 0 Å². The van der Waals surface area contributed by atoms with Crippen LogP contribution in [0.4, 0.5) is 0 Å². The van der Waals surface area contributed by atoms with Crippen LogP contribution in [0.2, 0.25) is 0 Å². The summed E-state index contributed by atoms with van der Waals surface area (Å²) in [6, 6.07) is 9.70. The highest BCUT2D eigenvalue weighted by molar-refractivity contribution is 5.75. The molecule has 1 aromatic rings. The molecular formula is C20H31NO3. The van der Waals surface area contributed by atoms with Crippen molar-refractivity contribution in [2.45, 2.75) is 52.2 Å². The molecule has 0 saturated carbocycles. The van der Waals surface area contributed by atoms with E-state index in [4.69, 9.17) is 15.2 Å². The largest absolute Gasteiger partial charge is 0.461 e. The van der Waals surface area contributed by atoms with Crippen molar-refractivity contribution in [1.29, 1.82) is 0 Å². The van der Waals surface area contributed by atoms with Crippen molar-refractivity contribution >= 4 is 5.97 Å². The highest BCUT2D eigenvalue weighted by Crippen LogP contribution is 2.29. The standard InChI is InChI=1S/C20H31NO3/c1-14(2)9-10-17-12-23-13-19(21)20(22)24-15(3)18(17)11-16-7-5-4-6-8-16/h4-8,14-15,17-19H,9-13,21H2,1-3H3/t15-,17-,18-,19-/m0/s1. The summed E-state index contributed by atoms with van der Waals surface area (Å²) in [7, 11) is 0. The van der Waals surface area contributed by atoms with Gasteiger partial charge in [0.1, 0.15) is 12.1 Å². The predicted molar refractivity (Wildman–Crippen MR) is 95.5 cm³/mol. The zero-order valence-electron chi connectivity index (χ0n) is 15.1. The van der Waals surface area contributed by atoms with Crippen molar-refractivity contribution in [1.82, 2.24) is 0 Å². The maximum Gasteiger partial charge on any atom is 0.325 e. The van der Waals surface area contributed by atoms with E-state index in [1.807, 2.05) is 13.0 Å². The van der Waals surface area contributed by atoms with E-state index in [-0.39, 0.29) is 24.6 Å². The number of hydrogen-bond donors (Lipinski definition) is 1. The van der Waals surface area contributed by atoms with Gasteiger partial charge in [-0.25, -0.2) is 0 Å². The molecule has 1 fully saturated rings. The fourth-order valence-electron chi connectivity index (χ4n) is 3.34. The molecule has 1 aromatic carbocycles. The summed E-state index contributed by atoms with van der Waals surface area (Å²) >= 11 is 0. The van der Waals surface area contributed by atoms with Crippen LogP contribution < -0.4 is 5.73 Å². The van der Waals surface area contributed by atoms with E-state index in [1.165, 1.54) is 5.56 Å². The van der Waals surface area contributed by atoms with E-state index in [9.17, 15) is 4.79 Å². The second kappa shape index (κ2) is 9.19. The minimum Gasteiger partial charge on any atom is -0.461 e. The molecule has 0 aliphatic carbocycles. The lowest BCUT2D eigenvalue weighted by Crippen LogP contribution is -2.39. The van der Waals surface area contributed by atoms with E-state index >= 15 is 0 Å². The monoisotopic (exact) mass is 333 g/mol. The molecule has 4 nitrogen and oxygen atoms in total. The normalized spacial score (nSPS) is 28.8. The Kier molecular flexibility index (Phi) is 7.25. The van der Waals surface area contributed by atoms with Gasteiger partial charge in [0, 0.05) is 12.5 Å². The third-order valence-electron chi connectivity index (χ3n) is 4.87. The Hall–Kier alpha value is -1.39. The molecular weight excluding hydrogens is 302 g/mol. The van der Waals surface area contributed by atoms with Gasteiger partial charge in [-0.2, -0.15) is 0 Å². The number of rotatable bonds is 5. The third kappa shape index (κ3) is 5.60. The van der Waals surface area contributed by atoms with Crippen molar-refractivity contribution in [3.05, 3.63) is 35.9 Å². The van der Waals surface area contributed by atoms with Crippen LogP contribution in [-0.4, -0.2) is 31.3 Å². The lowest BCUT2D eigenvalue weighted by atomic mass is 9.80. The number of hydrogen-bond acceptors (Lipinski definition) is 4. The van der Waals surface area contributed by atoms with Crippen LogP contribution in [0.3, 0.4) is 0 Å². The molecule has 0 bridgehead atoms. The second-order valence-electron chi connectivity index (χ2n) is 7.37. The van der Waals surface area contributed by atoms with Gasteiger partial charge in [-0.1, -0.05) is 50.6 Å². The van der Waals surface area contributed by atoms with E-state index in [1.54, 1.807) is 0 Å². The number of benzene rings is 1. The van der Waals surface area contributed by atoms with E-state index in [0.29, 0.717) is 18.4 Å². The van der Waals surface area contributed by atoms with Gasteiger partial charge in [0.15, 0.2) is 0 Å². The molecule has 1 heterocycles. The van der Waals surface area contributed by atoms with Gasteiger partial charge in [-0.15, -0.1) is 0 Å². The summed E-state index contributed by atoms with van der Waals surface area (Å²) in [6.07, 6.45) is 2.94. The summed E-state index contributed by atoms with van der Waals surface area (Å²) in [5, 5.41) is 0. The Balaban J connectivity index is 2.18. The Labute approximate surface area is 145 Å². The summed E-state index contributed by atoms with van der Waals surface area (Å²) in [5.41, 5.74) is 7.11. The molecule has 4 atom stereocenters. The maximum absolute atomic E-state index is 12.1. The minimum absolute atomic E-state index is 0.164. The van der Waals surface area contributed by atoms with Crippen LogP contribution in [0.25, 0.3) is 0 Å². The first kappa shape index (κ1) is 18.9. The molecule has 24 heavy (non-hydrogen) atoms. The Morgan fingerprint density at radius 3 is 2.58 bits per heavy atom. The average Bonchev–Trinajstić information content (AvgIpc) is 2.60. The molecule has 0 unspecified atom stereocenters. The Bertz CT molecular complexity index is 503. The summed E-state index contributed by atoms with van der Waals surface area (Å²) in [4.78, 5) is 12.1. The summed E-state index contributed by atoms with van der Waals surface area (Å²) in [6.45, 7) is 7.34. The van der Waals surface area contributed by atoms with Crippen molar-refractivity contribution in [2.75, 3.05) is 13.2 Å². The van der Waals surface area contributed by atoms with Gasteiger partial charge < -0.3 is 15.2 Å². The first-order valence-corrected chi connectivity index (χ1v) is 9.05. The molecule has 0 aromatic heterocycles. The van der Waals surface area contributed by atoms with Crippen molar-refractivity contribution in [3.63, 3.8) is 0 Å². The van der Waals surface area contributed by atoms with E-state index < -0.39 is 6.04 Å². The van der Waals surface area contributed by atoms with Crippen LogP contribution >= 0.6 is 0 Å². The predicted octanol–water partition coefficient (Wildman–Crippen LogP) is 3.19. The quantitative estimate of drug-likeness (QED) is 0.841. The van der Waals surface area contributed by atoms with Gasteiger partial charge in [-0.05, 0) is 37.2 Å². The zero-order chi connectivity index (χ0) is 17.5. The first-order chi connectivity index (χ1) is 11.5. The van der Waals surface area contributed by atoms with Crippen LogP contribution in [0.5, 0.6) is 0 Å². The van der Waals surface area contributed by atoms with Crippen LogP contribution in [0.1, 0.15) is 39.2 Å². The minimum atomic E-state index is -0.686. The van der Waals surface area contributed by atoms with Gasteiger partial charge in [0.05, 0.1) is 6.61 Å². The second-order valence-corrected chi connectivity index (χ2v) is 7.37. The van der Waals surface area contributed by atoms with Crippen LogP contribution in [-0.2, 0) is 20.7 Å². The smallest absolute Gasteiger partial charge is 0.325 e. The van der Waals surface area contributed by atoms with Gasteiger partial charge in [-0.3, -0.25) is 4.79 Å². The molecule has 0 amide bonds. The molecule has 1 aliphatic heterocycles. The number of carbonyl (C=O) groups is 1. The van der Waals surface area contributed by atoms with Gasteiger partial charge in [0.2, 0.25) is 0 Å². The van der Waals surface area contributed by atoms with Gasteiger partial charge in [0.25, 0.3) is 0 Å². The molecule has 4 heteroatoms. The van der Waals surface area contributed by atoms with E-state index in [2.05, 4.69) is 38.1 Å². The van der Waals surface area contributed by atoms with E-state index in [0.717, 1.165) is 19.3 Å². The SMILES string of the molecule is CC(C)CC[C@H]1COC[C@H](N)C(=O)O[C@@H](C)[C@@H]1Cc1ccccc1.